The highest BCUT2D eigenvalue weighted by Crippen LogP contribution is 2.63. The third kappa shape index (κ3) is 4.51. The Labute approximate surface area is 210 Å². The molecule has 0 saturated heterocycles. The van der Waals surface area contributed by atoms with Gasteiger partial charge in [0.2, 0.25) is 11.8 Å². The highest BCUT2D eigenvalue weighted by molar-refractivity contribution is 5.95. The average Bonchev–Trinajstić information content (AvgIpc) is 2.82. The summed E-state index contributed by atoms with van der Waals surface area (Å²) in [6, 6.07) is 6.41. The summed E-state index contributed by atoms with van der Waals surface area (Å²) in [6.07, 6.45) is 7.70. The number of aromatic nitrogens is 1. The number of anilines is 1. The van der Waals surface area contributed by atoms with E-state index in [1.807, 2.05) is 13.8 Å². The Bertz CT molecular complexity index is 1140. The molecule has 36 heavy (non-hydrogen) atoms. The smallest absolute Gasteiger partial charge is 0.237 e. The zero-order valence-electron chi connectivity index (χ0n) is 20.8. The number of hydrogen-bond donors (Lipinski definition) is 3. The summed E-state index contributed by atoms with van der Waals surface area (Å²) < 4.78 is 27.7. The van der Waals surface area contributed by atoms with E-state index in [1.54, 1.807) is 24.5 Å². The maximum Gasteiger partial charge on any atom is 0.237 e. The molecule has 4 bridgehead atoms. The van der Waals surface area contributed by atoms with E-state index < -0.39 is 28.5 Å². The fourth-order valence-corrected chi connectivity index (χ4v) is 7.36. The van der Waals surface area contributed by atoms with Crippen molar-refractivity contribution in [1.29, 1.82) is 0 Å². The maximum absolute atomic E-state index is 14.3. The molecule has 192 valence electrons. The fraction of sp³-hybridized carbons (Fsp3) is 0.536. The first-order chi connectivity index (χ1) is 17.1. The molecule has 1 aromatic heterocycles. The van der Waals surface area contributed by atoms with Gasteiger partial charge < -0.3 is 16.4 Å². The SMILES string of the molecule is CC(C)(CNC(=O)C(N)C1C2CC3CC1CC(C(=O)Nc1ccncc1)(C3)C2)c1ccc(F)cc1F. The van der Waals surface area contributed by atoms with Crippen molar-refractivity contribution in [2.45, 2.75) is 57.4 Å². The Kier molecular flexibility index (Phi) is 6.35. The topological polar surface area (TPSA) is 97.1 Å². The van der Waals surface area contributed by atoms with Crippen LogP contribution in [0.1, 0.15) is 51.5 Å². The summed E-state index contributed by atoms with van der Waals surface area (Å²) in [7, 11) is 0. The molecule has 1 heterocycles. The number of pyridine rings is 1. The first-order valence-electron chi connectivity index (χ1n) is 12.8. The zero-order chi connectivity index (χ0) is 25.7. The van der Waals surface area contributed by atoms with E-state index in [2.05, 4.69) is 15.6 Å². The monoisotopic (exact) mass is 496 g/mol. The molecule has 6 rings (SSSR count). The predicted octanol–water partition coefficient (Wildman–Crippen LogP) is 4.16. The van der Waals surface area contributed by atoms with Crippen molar-refractivity contribution in [3.63, 3.8) is 0 Å². The summed E-state index contributed by atoms with van der Waals surface area (Å²) in [5.41, 5.74) is 6.51. The second-order valence-electron chi connectivity index (χ2n) is 11.8. The Morgan fingerprint density at radius 1 is 1.11 bits per heavy atom. The highest BCUT2D eigenvalue weighted by atomic mass is 19.1. The number of nitrogens with two attached hydrogens (primary N) is 1. The molecule has 8 heteroatoms. The van der Waals surface area contributed by atoms with Gasteiger partial charge in [0.05, 0.1) is 11.5 Å². The van der Waals surface area contributed by atoms with Crippen molar-refractivity contribution in [3.8, 4) is 0 Å². The largest absolute Gasteiger partial charge is 0.354 e. The number of hydrogen-bond acceptors (Lipinski definition) is 4. The van der Waals surface area contributed by atoms with Gasteiger partial charge in [-0.25, -0.2) is 8.78 Å². The second kappa shape index (κ2) is 9.21. The molecule has 2 amide bonds. The van der Waals surface area contributed by atoms with Gasteiger partial charge in [-0.15, -0.1) is 0 Å². The number of nitrogens with one attached hydrogen (secondary N) is 2. The lowest BCUT2D eigenvalue weighted by Crippen LogP contribution is -2.61. The van der Waals surface area contributed by atoms with Crippen LogP contribution in [0.25, 0.3) is 0 Å². The number of nitrogens with zero attached hydrogens (tertiary/aromatic N) is 1. The Morgan fingerprint density at radius 2 is 1.78 bits per heavy atom. The van der Waals surface area contributed by atoms with Crippen LogP contribution in [0.4, 0.5) is 14.5 Å². The summed E-state index contributed by atoms with van der Waals surface area (Å²) in [6.45, 7) is 3.80. The lowest BCUT2D eigenvalue weighted by atomic mass is 9.45. The molecular weight excluding hydrogens is 462 g/mol. The van der Waals surface area contributed by atoms with Crippen molar-refractivity contribution in [3.05, 3.63) is 59.9 Å². The molecule has 3 atom stereocenters. The summed E-state index contributed by atoms with van der Waals surface area (Å²) in [5.74, 6) is -0.495. The van der Waals surface area contributed by atoms with Gasteiger partial charge in [-0.3, -0.25) is 14.6 Å². The molecule has 1 aromatic carbocycles. The summed E-state index contributed by atoms with van der Waals surface area (Å²) in [4.78, 5) is 30.5. The van der Waals surface area contributed by atoms with Crippen LogP contribution < -0.4 is 16.4 Å². The Hall–Kier alpha value is -2.87. The van der Waals surface area contributed by atoms with Crippen molar-refractivity contribution in [2.24, 2.45) is 34.8 Å². The third-order valence-corrected chi connectivity index (χ3v) is 8.85. The van der Waals surface area contributed by atoms with Crippen molar-refractivity contribution in [2.75, 3.05) is 11.9 Å². The number of amides is 2. The lowest BCUT2D eigenvalue weighted by molar-refractivity contribution is -0.151. The number of carbonyl (C=O) groups excluding carboxylic acids is 2. The van der Waals surface area contributed by atoms with E-state index in [0.29, 0.717) is 11.5 Å². The van der Waals surface area contributed by atoms with Crippen LogP contribution >= 0.6 is 0 Å². The van der Waals surface area contributed by atoms with Gasteiger partial charge in [0.15, 0.2) is 0 Å². The molecule has 4 fully saturated rings. The number of benzene rings is 1. The van der Waals surface area contributed by atoms with Crippen LogP contribution in [0.15, 0.2) is 42.7 Å². The molecule has 3 unspecified atom stereocenters. The molecule has 6 nitrogen and oxygen atoms in total. The summed E-state index contributed by atoms with van der Waals surface area (Å²) in [5, 5.41) is 6.01. The van der Waals surface area contributed by atoms with E-state index >= 15 is 0 Å². The van der Waals surface area contributed by atoms with E-state index in [9.17, 15) is 18.4 Å². The van der Waals surface area contributed by atoms with Crippen LogP contribution in [-0.4, -0.2) is 29.4 Å². The zero-order valence-corrected chi connectivity index (χ0v) is 20.8. The van der Waals surface area contributed by atoms with Crippen LogP contribution in [-0.2, 0) is 15.0 Å². The first-order valence-corrected chi connectivity index (χ1v) is 12.8. The molecule has 0 radical (unpaired) electrons. The third-order valence-electron chi connectivity index (χ3n) is 8.85. The normalized spacial score (nSPS) is 29.6. The molecular formula is C28H34F2N4O2. The predicted molar refractivity (Wildman–Crippen MR) is 133 cm³/mol. The minimum Gasteiger partial charge on any atom is -0.354 e. The second-order valence-corrected chi connectivity index (χ2v) is 11.8. The van der Waals surface area contributed by atoms with Crippen molar-refractivity contribution >= 4 is 17.5 Å². The van der Waals surface area contributed by atoms with Crippen LogP contribution in [0.3, 0.4) is 0 Å². The van der Waals surface area contributed by atoms with Gasteiger partial charge in [-0.1, -0.05) is 19.9 Å². The van der Waals surface area contributed by atoms with Crippen LogP contribution in [0.5, 0.6) is 0 Å². The molecule has 2 aromatic rings. The molecule has 4 N–H and O–H groups in total. The standard InChI is InChI=1S/C28H34F2N4O2/c1-27(2,21-4-3-19(29)11-22(21)30)15-33-25(35)24(31)23-17-9-16-10-18(23)14-28(12-16,13-17)26(36)34-20-5-7-32-8-6-20/h3-8,11,16-18,23-24H,9-10,12-15,31H2,1-2H3,(H,33,35)(H,32,34,36). The van der Waals surface area contributed by atoms with Crippen molar-refractivity contribution in [1.82, 2.24) is 10.3 Å². The Balaban J connectivity index is 1.25. The van der Waals surface area contributed by atoms with Gasteiger partial charge in [0.1, 0.15) is 11.6 Å². The Morgan fingerprint density at radius 3 is 2.42 bits per heavy atom. The first kappa shape index (κ1) is 24.8. The molecule has 4 saturated carbocycles. The quantitative estimate of drug-likeness (QED) is 0.536. The maximum atomic E-state index is 14.3. The minimum absolute atomic E-state index is 0.0223. The van der Waals surface area contributed by atoms with E-state index in [-0.39, 0.29) is 36.1 Å². The van der Waals surface area contributed by atoms with Crippen LogP contribution in [0.2, 0.25) is 0 Å². The number of halogens is 2. The van der Waals surface area contributed by atoms with Crippen molar-refractivity contribution < 1.29 is 18.4 Å². The van der Waals surface area contributed by atoms with Gasteiger partial charge >= 0.3 is 0 Å². The number of rotatable bonds is 7. The van der Waals surface area contributed by atoms with E-state index in [4.69, 9.17) is 5.73 Å². The highest BCUT2D eigenvalue weighted by Gasteiger charge is 2.60. The van der Waals surface area contributed by atoms with E-state index in [0.717, 1.165) is 43.9 Å². The average molecular weight is 497 g/mol. The number of carbonyl (C=O) groups is 2. The summed E-state index contributed by atoms with van der Waals surface area (Å²) >= 11 is 0. The molecule has 0 aliphatic heterocycles. The minimum atomic E-state index is -0.730. The van der Waals surface area contributed by atoms with E-state index in [1.165, 1.54) is 12.1 Å². The van der Waals surface area contributed by atoms with Gasteiger partial charge in [0, 0.05) is 36.1 Å². The van der Waals surface area contributed by atoms with Gasteiger partial charge in [-0.05, 0) is 79.5 Å². The molecule has 4 aliphatic rings. The van der Waals surface area contributed by atoms with Gasteiger partial charge in [0.25, 0.3) is 0 Å². The molecule has 4 aliphatic carbocycles. The van der Waals surface area contributed by atoms with Gasteiger partial charge in [-0.2, -0.15) is 0 Å². The fourth-order valence-electron chi connectivity index (χ4n) is 7.36. The lowest BCUT2D eigenvalue weighted by Gasteiger charge is -2.60. The van der Waals surface area contributed by atoms with Crippen LogP contribution in [0, 0.1) is 40.7 Å². The molecule has 0 spiro atoms.